The molecule has 2 N–H and O–H groups in total. The fraction of sp³-hybridized carbons (Fsp3) is 0.308. The number of thiol groups is 1. The van der Waals surface area contributed by atoms with E-state index >= 15 is 0 Å². The summed E-state index contributed by atoms with van der Waals surface area (Å²) in [6, 6.07) is 4.82. The smallest absolute Gasteiger partial charge is 0.255 e. The highest BCUT2D eigenvalue weighted by Gasteiger charge is 2.39. The summed E-state index contributed by atoms with van der Waals surface area (Å²) in [6.07, 6.45) is 0.628. The first-order chi connectivity index (χ1) is 10.1. The quantitative estimate of drug-likeness (QED) is 0.339. The molecule has 3 amide bonds. The van der Waals surface area contributed by atoms with E-state index in [-0.39, 0.29) is 18.2 Å². The van der Waals surface area contributed by atoms with Gasteiger partial charge in [-0.3, -0.25) is 19.7 Å². The highest BCUT2D eigenvalue weighted by molar-refractivity contribution is 8.69. The number of carbonyl (C=O) groups is 3. The first-order valence-corrected chi connectivity index (χ1v) is 8.31. The number of amides is 3. The number of piperidine rings is 1. The lowest BCUT2D eigenvalue weighted by molar-refractivity contribution is -0.136. The van der Waals surface area contributed by atoms with E-state index in [0.29, 0.717) is 18.5 Å². The van der Waals surface area contributed by atoms with Crippen LogP contribution in [0, 0.1) is 0 Å². The van der Waals surface area contributed by atoms with Crippen molar-refractivity contribution in [2.45, 2.75) is 25.4 Å². The molecule has 0 aromatic heterocycles. The molecule has 1 aromatic carbocycles. The van der Waals surface area contributed by atoms with Crippen LogP contribution in [-0.4, -0.2) is 28.7 Å². The van der Waals surface area contributed by atoms with Gasteiger partial charge in [-0.15, -0.1) is 0 Å². The van der Waals surface area contributed by atoms with Gasteiger partial charge in [0.1, 0.15) is 6.04 Å². The maximum absolute atomic E-state index is 12.5. The topological polar surface area (TPSA) is 78.5 Å². The minimum Gasteiger partial charge on any atom is -0.322 e. The Balaban J connectivity index is 1.88. The van der Waals surface area contributed by atoms with E-state index in [2.05, 4.69) is 21.7 Å². The normalized spacial score (nSPS) is 21.3. The van der Waals surface area contributed by atoms with E-state index < -0.39 is 11.9 Å². The SMILES string of the molecule is O=C1CCC(N2Cc3c(NSS)cccc3C2=O)C(=O)N1. The third-order valence-electron chi connectivity index (χ3n) is 3.74. The Morgan fingerprint density at radius 3 is 2.86 bits per heavy atom. The van der Waals surface area contributed by atoms with Crippen LogP contribution in [0.25, 0.3) is 0 Å². The van der Waals surface area contributed by atoms with Crippen LogP contribution in [0.1, 0.15) is 28.8 Å². The van der Waals surface area contributed by atoms with Crippen molar-refractivity contribution in [3.05, 3.63) is 29.3 Å². The lowest BCUT2D eigenvalue weighted by Crippen LogP contribution is -2.52. The summed E-state index contributed by atoms with van der Waals surface area (Å²) in [5.74, 6) is -0.855. The highest BCUT2D eigenvalue weighted by atomic mass is 33.1. The van der Waals surface area contributed by atoms with Gasteiger partial charge in [0.25, 0.3) is 5.91 Å². The second-order valence-corrected chi connectivity index (χ2v) is 5.86. The van der Waals surface area contributed by atoms with E-state index in [1.165, 1.54) is 4.90 Å². The second-order valence-electron chi connectivity index (χ2n) is 4.92. The van der Waals surface area contributed by atoms with Crippen molar-refractivity contribution in [1.29, 1.82) is 0 Å². The van der Waals surface area contributed by atoms with Gasteiger partial charge in [-0.2, -0.15) is 0 Å². The lowest BCUT2D eigenvalue weighted by atomic mass is 10.0. The number of hydrogen-bond acceptors (Lipinski definition) is 6. The Kier molecular flexibility index (Phi) is 3.81. The number of carbonyl (C=O) groups excluding carboxylic acids is 3. The summed E-state index contributed by atoms with van der Waals surface area (Å²) < 4.78 is 3.02. The van der Waals surface area contributed by atoms with Gasteiger partial charge in [-0.25, -0.2) is 0 Å². The monoisotopic (exact) mass is 323 g/mol. The molecular weight excluding hydrogens is 310 g/mol. The van der Waals surface area contributed by atoms with Crippen molar-refractivity contribution in [3.63, 3.8) is 0 Å². The van der Waals surface area contributed by atoms with E-state index in [4.69, 9.17) is 0 Å². The highest BCUT2D eigenvalue weighted by Crippen LogP contribution is 2.33. The number of hydrogen-bond donors (Lipinski definition) is 3. The van der Waals surface area contributed by atoms with E-state index in [1.807, 2.05) is 6.07 Å². The molecule has 0 saturated carbocycles. The van der Waals surface area contributed by atoms with Crippen LogP contribution < -0.4 is 10.0 Å². The van der Waals surface area contributed by atoms with Gasteiger partial charge in [0.15, 0.2) is 0 Å². The molecule has 110 valence electrons. The Morgan fingerprint density at radius 1 is 1.33 bits per heavy atom. The van der Waals surface area contributed by atoms with Gasteiger partial charge in [0.05, 0.1) is 5.69 Å². The Labute approximate surface area is 130 Å². The Morgan fingerprint density at radius 2 is 2.14 bits per heavy atom. The van der Waals surface area contributed by atoms with Gasteiger partial charge in [0.2, 0.25) is 11.8 Å². The zero-order valence-corrected chi connectivity index (χ0v) is 12.7. The largest absolute Gasteiger partial charge is 0.322 e. The molecule has 2 aliphatic rings. The van der Waals surface area contributed by atoms with Crippen LogP contribution in [0.3, 0.4) is 0 Å². The summed E-state index contributed by atoms with van der Waals surface area (Å²) >= 11 is 4.05. The molecule has 0 spiro atoms. The minimum absolute atomic E-state index is 0.174. The van der Waals surface area contributed by atoms with Crippen LogP contribution >= 0.6 is 22.6 Å². The molecule has 1 unspecified atom stereocenters. The zero-order valence-electron chi connectivity index (χ0n) is 11.0. The van der Waals surface area contributed by atoms with Crippen molar-refractivity contribution >= 4 is 46.0 Å². The molecule has 0 aliphatic carbocycles. The molecule has 8 heteroatoms. The maximum atomic E-state index is 12.5. The molecule has 3 rings (SSSR count). The number of rotatable bonds is 3. The van der Waals surface area contributed by atoms with Crippen molar-refractivity contribution in [2.24, 2.45) is 0 Å². The van der Waals surface area contributed by atoms with Gasteiger partial charge in [0, 0.05) is 35.1 Å². The van der Waals surface area contributed by atoms with Crippen molar-refractivity contribution in [3.8, 4) is 0 Å². The van der Waals surface area contributed by atoms with Gasteiger partial charge >= 0.3 is 0 Å². The van der Waals surface area contributed by atoms with Gasteiger partial charge in [-0.1, -0.05) is 17.7 Å². The fourth-order valence-electron chi connectivity index (χ4n) is 2.73. The summed E-state index contributed by atoms with van der Waals surface area (Å²) in [4.78, 5) is 37.2. The summed E-state index contributed by atoms with van der Waals surface area (Å²) in [5, 5.41) is 2.29. The maximum Gasteiger partial charge on any atom is 0.255 e. The number of fused-ring (bicyclic) bond motifs is 1. The second kappa shape index (κ2) is 5.61. The number of benzene rings is 1. The molecule has 6 nitrogen and oxygen atoms in total. The van der Waals surface area contributed by atoms with Crippen molar-refractivity contribution in [1.82, 2.24) is 10.2 Å². The molecule has 1 saturated heterocycles. The van der Waals surface area contributed by atoms with Crippen LogP contribution in [0.4, 0.5) is 5.69 Å². The molecule has 21 heavy (non-hydrogen) atoms. The van der Waals surface area contributed by atoms with Gasteiger partial charge in [-0.05, 0) is 18.6 Å². The molecular formula is C13H13N3O3S2. The van der Waals surface area contributed by atoms with Crippen molar-refractivity contribution < 1.29 is 14.4 Å². The van der Waals surface area contributed by atoms with E-state index in [9.17, 15) is 14.4 Å². The predicted octanol–water partition coefficient (Wildman–Crippen LogP) is 1.35. The Hall–Kier alpha value is -1.67. The number of nitrogens with one attached hydrogen (secondary N) is 2. The van der Waals surface area contributed by atoms with Crippen LogP contribution in [0.15, 0.2) is 18.2 Å². The van der Waals surface area contributed by atoms with Crippen molar-refractivity contribution in [2.75, 3.05) is 4.72 Å². The fourth-order valence-corrected chi connectivity index (χ4v) is 3.32. The summed E-state index contributed by atoms with van der Waals surface area (Å²) in [6.45, 7) is 0.359. The third kappa shape index (κ3) is 2.49. The molecule has 1 fully saturated rings. The molecule has 0 radical (unpaired) electrons. The third-order valence-corrected chi connectivity index (χ3v) is 4.32. The van der Waals surface area contributed by atoms with E-state index in [0.717, 1.165) is 22.2 Å². The first kappa shape index (κ1) is 14.3. The first-order valence-electron chi connectivity index (χ1n) is 6.45. The standard InChI is InChI=1S/C13H13N3O3S2/c17-11-5-4-10(12(18)14-11)16-6-8-7(13(16)19)2-1-3-9(8)15-21-20/h1-3,10,15,20H,4-6H2,(H,14,17,18). The average molecular weight is 323 g/mol. The Bertz CT molecular complexity index is 635. The average Bonchev–Trinajstić information content (AvgIpc) is 2.78. The summed E-state index contributed by atoms with van der Waals surface area (Å²) in [7, 11) is 1.15. The zero-order chi connectivity index (χ0) is 15.0. The van der Waals surface area contributed by atoms with Crippen LogP contribution in [0.5, 0.6) is 0 Å². The van der Waals surface area contributed by atoms with Crippen LogP contribution in [0.2, 0.25) is 0 Å². The number of anilines is 1. The van der Waals surface area contributed by atoms with E-state index in [1.54, 1.807) is 12.1 Å². The van der Waals surface area contributed by atoms with Gasteiger partial charge < -0.3 is 9.62 Å². The summed E-state index contributed by atoms with van der Waals surface area (Å²) in [5.41, 5.74) is 2.26. The van der Waals surface area contributed by atoms with Crippen LogP contribution in [-0.2, 0) is 16.1 Å². The predicted molar refractivity (Wildman–Crippen MR) is 82.7 cm³/mol. The molecule has 2 aliphatic heterocycles. The lowest BCUT2D eigenvalue weighted by Gasteiger charge is -2.29. The molecule has 1 aromatic rings. The minimum atomic E-state index is -0.584. The number of nitrogens with zero attached hydrogens (tertiary/aromatic N) is 1. The molecule has 2 heterocycles. The number of imide groups is 1. The molecule has 1 atom stereocenters. The molecule has 0 bridgehead atoms.